The molecule has 0 unspecified atom stereocenters. The first-order chi connectivity index (χ1) is 11.4. The fraction of sp³-hybridized carbons (Fsp3) is 0.762. The summed E-state index contributed by atoms with van der Waals surface area (Å²) in [4.78, 5) is 12.2. The summed E-state index contributed by atoms with van der Waals surface area (Å²) in [7, 11) is 0. The van der Waals surface area contributed by atoms with Crippen LogP contribution in [0.2, 0.25) is 0 Å². The van der Waals surface area contributed by atoms with Gasteiger partial charge in [0.25, 0.3) is 0 Å². The lowest BCUT2D eigenvalue weighted by atomic mass is 9.85. The van der Waals surface area contributed by atoms with Gasteiger partial charge in [-0.25, -0.2) is 4.79 Å². The lowest BCUT2D eigenvalue weighted by Gasteiger charge is -2.25. The normalized spacial score (nSPS) is 35.5. The van der Waals surface area contributed by atoms with Crippen LogP contribution < -0.4 is 0 Å². The van der Waals surface area contributed by atoms with Gasteiger partial charge in [0.1, 0.15) is 6.10 Å². The highest BCUT2D eigenvalue weighted by Gasteiger charge is 2.33. The highest BCUT2D eigenvalue weighted by Crippen LogP contribution is 2.32. The van der Waals surface area contributed by atoms with Crippen molar-refractivity contribution in [3.63, 3.8) is 0 Å². The van der Waals surface area contributed by atoms with E-state index in [4.69, 9.17) is 4.74 Å². The molecule has 0 saturated heterocycles. The molecular weight excluding hydrogens is 300 g/mol. The van der Waals surface area contributed by atoms with Crippen molar-refractivity contribution in [3.8, 4) is 0 Å². The van der Waals surface area contributed by atoms with E-state index in [2.05, 4.69) is 33.8 Å². The zero-order valence-corrected chi connectivity index (χ0v) is 15.8. The van der Waals surface area contributed by atoms with E-state index in [1.54, 1.807) is 0 Å². The molecule has 3 nitrogen and oxygen atoms in total. The molecule has 3 heteroatoms. The summed E-state index contributed by atoms with van der Waals surface area (Å²) >= 11 is 0. The number of rotatable bonds is 1. The van der Waals surface area contributed by atoms with Crippen LogP contribution in [-0.4, -0.2) is 23.3 Å². The Hall–Kier alpha value is -1.09. The Kier molecular flexibility index (Phi) is 7.09. The number of hydrogen-bond acceptors (Lipinski definition) is 3. The van der Waals surface area contributed by atoms with Gasteiger partial charge in [0.05, 0.1) is 6.10 Å². The summed E-state index contributed by atoms with van der Waals surface area (Å²) in [5.41, 5.74) is 2.13. The Morgan fingerprint density at radius 3 is 2.75 bits per heavy atom. The Balaban J connectivity index is 2.15. The Labute approximate surface area is 147 Å². The summed E-state index contributed by atoms with van der Waals surface area (Å²) in [5, 5.41) is 10.3. The van der Waals surface area contributed by atoms with E-state index >= 15 is 0 Å². The van der Waals surface area contributed by atoms with Crippen molar-refractivity contribution in [1.29, 1.82) is 0 Å². The van der Waals surface area contributed by atoms with Gasteiger partial charge in [0.15, 0.2) is 0 Å². The van der Waals surface area contributed by atoms with Crippen LogP contribution in [0, 0.1) is 17.8 Å². The number of carbonyl (C=O) groups is 1. The Morgan fingerprint density at radius 2 is 2.04 bits per heavy atom. The largest absolute Gasteiger partial charge is 0.454 e. The molecule has 136 valence electrons. The van der Waals surface area contributed by atoms with Gasteiger partial charge in [-0.1, -0.05) is 32.4 Å². The quantitative estimate of drug-likeness (QED) is 0.553. The minimum atomic E-state index is -0.453. The molecule has 0 radical (unpaired) electrons. The summed E-state index contributed by atoms with van der Waals surface area (Å²) in [6.07, 6.45) is 10.5. The molecule has 0 fully saturated rings. The standard InChI is InChI=1S/C21H34O3/c1-14(2)19-10-6-8-15(3)7-5-9-16(4)11-18(22)12-17-13-20(19)24-21(17)23/h7,13-14,16,18-20,22H,5-6,8-12H2,1-4H3/b15-7+/t16-,18-,19-,20+/m0/s1. The maximum absolute atomic E-state index is 12.2. The van der Waals surface area contributed by atoms with E-state index in [9.17, 15) is 9.90 Å². The van der Waals surface area contributed by atoms with E-state index in [0.29, 0.717) is 29.7 Å². The predicted octanol–water partition coefficient (Wildman–Crippen LogP) is 4.80. The first-order valence-corrected chi connectivity index (χ1v) is 9.62. The third-order valence-corrected chi connectivity index (χ3v) is 5.54. The first kappa shape index (κ1) is 19.2. The average Bonchev–Trinajstić information content (AvgIpc) is 2.82. The SMILES string of the molecule is C/C1=C\CC[C@H](C)C[C@H](O)CC2=C[C@@H](OC2=O)[C@H](C(C)C)CCC1. The number of carbonyl (C=O) groups excluding carboxylic acids is 1. The molecule has 1 aliphatic heterocycles. The van der Waals surface area contributed by atoms with Gasteiger partial charge >= 0.3 is 5.97 Å². The van der Waals surface area contributed by atoms with Crippen molar-refractivity contribution >= 4 is 5.97 Å². The maximum atomic E-state index is 12.2. The van der Waals surface area contributed by atoms with Crippen LogP contribution in [0.3, 0.4) is 0 Å². The zero-order valence-electron chi connectivity index (χ0n) is 15.8. The monoisotopic (exact) mass is 334 g/mol. The first-order valence-electron chi connectivity index (χ1n) is 9.62. The number of fused-ring (bicyclic) bond motifs is 1. The number of ether oxygens (including phenoxy) is 1. The Bertz CT molecular complexity index is 489. The van der Waals surface area contributed by atoms with Crippen LogP contribution in [0.1, 0.15) is 72.6 Å². The second kappa shape index (κ2) is 8.84. The fourth-order valence-corrected chi connectivity index (χ4v) is 3.99. The number of aliphatic hydroxyl groups is 1. The van der Waals surface area contributed by atoms with E-state index in [0.717, 1.165) is 38.5 Å². The summed E-state index contributed by atoms with van der Waals surface area (Å²) < 4.78 is 5.64. The molecular formula is C21H34O3. The van der Waals surface area contributed by atoms with Crippen molar-refractivity contribution in [2.24, 2.45) is 17.8 Å². The van der Waals surface area contributed by atoms with Crippen LogP contribution in [0.25, 0.3) is 0 Å². The van der Waals surface area contributed by atoms with Crippen LogP contribution in [0.15, 0.2) is 23.3 Å². The number of allylic oxidation sites excluding steroid dienone is 2. The van der Waals surface area contributed by atoms with Crippen molar-refractivity contribution in [2.45, 2.75) is 84.8 Å². The highest BCUT2D eigenvalue weighted by atomic mass is 16.5. The molecule has 0 aromatic rings. The lowest BCUT2D eigenvalue weighted by molar-refractivity contribution is -0.142. The maximum Gasteiger partial charge on any atom is 0.334 e. The van der Waals surface area contributed by atoms with Crippen molar-refractivity contribution < 1.29 is 14.6 Å². The third-order valence-electron chi connectivity index (χ3n) is 5.54. The third kappa shape index (κ3) is 5.47. The van der Waals surface area contributed by atoms with Gasteiger partial charge in [-0.3, -0.25) is 0 Å². The molecule has 0 amide bonds. The molecule has 0 saturated carbocycles. The van der Waals surface area contributed by atoms with Crippen molar-refractivity contribution in [3.05, 3.63) is 23.3 Å². The minimum Gasteiger partial charge on any atom is -0.454 e. The van der Waals surface area contributed by atoms with Crippen molar-refractivity contribution in [1.82, 2.24) is 0 Å². The van der Waals surface area contributed by atoms with Gasteiger partial charge in [-0.05, 0) is 63.4 Å². The number of hydrogen-bond donors (Lipinski definition) is 1. The van der Waals surface area contributed by atoms with E-state index in [-0.39, 0.29) is 12.1 Å². The smallest absolute Gasteiger partial charge is 0.334 e. The molecule has 1 aliphatic carbocycles. The van der Waals surface area contributed by atoms with E-state index in [1.807, 2.05) is 6.08 Å². The Morgan fingerprint density at radius 1 is 1.29 bits per heavy atom. The van der Waals surface area contributed by atoms with Gasteiger partial charge in [-0.15, -0.1) is 0 Å². The minimum absolute atomic E-state index is 0.119. The highest BCUT2D eigenvalue weighted by molar-refractivity contribution is 5.91. The fourth-order valence-electron chi connectivity index (χ4n) is 3.99. The molecule has 4 atom stereocenters. The average molecular weight is 335 g/mol. The molecule has 1 heterocycles. The molecule has 24 heavy (non-hydrogen) atoms. The van der Waals surface area contributed by atoms with Crippen LogP contribution in [-0.2, 0) is 9.53 Å². The van der Waals surface area contributed by atoms with Gasteiger partial charge in [0, 0.05) is 17.9 Å². The zero-order chi connectivity index (χ0) is 17.7. The predicted molar refractivity (Wildman–Crippen MR) is 97.5 cm³/mol. The second-order valence-corrected chi connectivity index (χ2v) is 8.19. The molecule has 2 bridgehead atoms. The van der Waals surface area contributed by atoms with Crippen LogP contribution >= 0.6 is 0 Å². The summed E-state index contributed by atoms with van der Waals surface area (Å²) in [6, 6.07) is 0. The van der Waals surface area contributed by atoms with E-state index < -0.39 is 6.10 Å². The molecule has 1 N–H and O–H groups in total. The van der Waals surface area contributed by atoms with Gasteiger partial charge in [-0.2, -0.15) is 0 Å². The molecule has 0 aromatic heterocycles. The van der Waals surface area contributed by atoms with Crippen LogP contribution in [0.5, 0.6) is 0 Å². The molecule has 2 rings (SSSR count). The van der Waals surface area contributed by atoms with Gasteiger partial charge < -0.3 is 9.84 Å². The lowest BCUT2D eigenvalue weighted by Crippen LogP contribution is -2.25. The summed E-state index contributed by atoms with van der Waals surface area (Å²) in [5.74, 6) is 1.08. The summed E-state index contributed by atoms with van der Waals surface area (Å²) in [6.45, 7) is 8.81. The molecule has 2 aliphatic rings. The van der Waals surface area contributed by atoms with Crippen molar-refractivity contribution in [2.75, 3.05) is 0 Å². The number of aliphatic hydroxyl groups excluding tert-OH is 1. The number of esters is 1. The second-order valence-electron chi connectivity index (χ2n) is 8.19. The topological polar surface area (TPSA) is 46.5 Å². The molecule has 0 spiro atoms. The molecule has 0 aromatic carbocycles. The van der Waals surface area contributed by atoms with Crippen LogP contribution in [0.4, 0.5) is 0 Å². The van der Waals surface area contributed by atoms with E-state index in [1.165, 1.54) is 5.57 Å². The van der Waals surface area contributed by atoms with Gasteiger partial charge in [0.2, 0.25) is 0 Å².